The zero-order chi connectivity index (χ0) is 8.32. The Balaban J connectivity index is 2.53. The molecule has 0 aromatic heterocycles. The molecule has 1 aliphatic rings. The molecule has 3 nitrogen and oxygen atoms in total. The van der Waals surface area contributed by atoms with Gasteiger partial charge in [-0.25, -0.2) is 0 Å². The van der Waals surface area contributed by atoms with Crippen LogP contribution in [0, 0.1) is 5.92 Å². The first kappa shape index (κ1) is 8.97. The lowest BCUT2D eigenvalue weighted by Gasteiger charge is -2.30. The number of aliphatic hydroxyl groups is 1. The van der Waals surface area contributed by atoms with Crippen molar-refractivity contribution in [1.82, 2.24) is 5.32 Å². The average Bonchev–Trinajstić information content (AvgIpc) is 2.39. The summed E-state index contributed by atoms with van der Waals surface area (Å²) >= 11 is 0. The van der Waals surface area contributed by atoms with Crippen molar-refractivity contribution >= 4 is 0 Å². The van der Waals surface area contributed by atoms with Crippen LogP contribution in [-0.2, 0) is 0 Å². The molecule has 0 radical (unpaired) electrons. The van der Waals surface area contributed by atoms with Crippen molar-refractivity contribution in [2.24, 2.45) is 11.7 Å². The molecule has 66 valence electrons. The van der Waals surface area contributed by atoms with E-state index in [9.17, 15) is 5.11 Å². The second-order valence-corrected chi connectivity index (χ2v) is 3.37. The smallest absolute Gasteiger partial charge is 0.0823 e. The van der Waals surface area contributed by atoms with Crippen LogP contribution in [0.15, 0.2) is 0 Å². The molecule has 2 atom stereocenters. The molecule has 0 saturated carbocycles. The second-order valence-electron chi connectivity index (χ2n) is 3.37. The van der Waals surface area contributed by atoms with Crippen molar-refractivity contribution in [2.75, 3.05) is 19.6 Å². The molecule has 0 bridgehead atoms. The molecular weight excluding hydrogens is 140 g/mol. The highest BCUT2D eigenvalue weighted by molar-refractivity contribution is 4.93. The molecule has 1 rings (SSSR count). The van der Waals surface area contributed by atoms with Crippen LogP contribution in [-0.4, -0.2) is 30.3 Å². The highest BCUT2D eigenvalue weighted by Crippen LogP contribution is 2.25. The second kappa shape index (κ2) is 3.52. The van der Waals surface area contributed by atoms with E-state index in [0.29, 0.717) is 13.1 Å². The summed E-state index contributed by atoms with van der Waals surface area (Å²) < 4.78 is 0. The maximum atomic E-state index is 10.0. The monoisotopic (exact) mass is 158 g/mol. The molecule has 0 aromatic carbocycles. The van der Waals surface area contributed by atoms with Gasteiger partial charge in [-0.3, -0.25) is 0 Å². The van der Waals surface area contributed by atoms with Gasteiger partial charge < -0.3 is 16.2 Å². The van der Waals surface area contributed by atoms with Gasteiger partial charge in [0, 0.05) is 12.5 Å². The fourth-order valence-corrected chi connectivity index (χ4v) is 1.81. The van der Waals surface area contributed by atoms with Gasteiger partial charge in [0.25, 0.3) is 0 Å². The molecule has 11 heavy (non-hydrogen) atoms. The zero-order valence-electron chi connectivity index (χ0n) is 7.14. The van der Waals surface area contributed by atoms with E-state index in [1.54, 1.807) is 0 Å². The third-order valence-electron chi connectivity index (χ3n) is 2.70. The van der Waals surface area contributed by atoms with Crippen molar-refractivity contribution in [3.05, 3.63) is 0 Å². The summed E-state index contributed by atoms with van der Waals surface area (Å²) in [4.78, 5) is 0. The Kier molecular flexibility index (Phi) is 2.87. The molecule has 4 N–H and O–H groups in total. The van der Waals surface area contributed by atoms with Crippen LogP contribution in [0.2, 0.25) is 0 Å². The van der Waals surface area contributed by atoms with Gasteiger partial charge in [-0.2, -0.15) is 0 Å². The third kappa shape index (κ3) is 1.72. The number of rotatable bonds is 3. The van der Waals surface area contributed by atoms with E-state index in [1.807, 2.05) is 0 Å². The van der Waals surface area contributed by atoms with Crippen molar-refractivity contribution in [3.63, 3.8) is 0 Å². The molecule has 3 heteroatoms. The van der Waals surface area contributed by atoms with E-state index < -0.39 is 5.60 Å². The number of nitrogens with one attached hydrogen (secondary N) is 1. The fourth-order valence-electron chi connectivity index (χ4n) is 1.81. The first-order valence-electron chi connectivity index (χ1n) is 4.36. The summed E-state index contributed by atoms with van der Waals surface area (Å²) in [7, 11) is 0. The fraction of sp³-hybridized carbons (Fsp3) is 1.00. The Morgan fingerprint density at radius 3 is 2.82 bits per heavy atom. The zero-order valence-corrected chi connectivity index (χ0v) is 7.14. The molecule has 1 saturated heterocycles. The molecule has 0 amide bonds. The SMILES string of the molecule is CCC(CN)C1(O)CCNC1. The van der Waals surface area contributed by atoms with E-state index in [-0.39, 0.29) is 5.92 Å². The Morgan fingerprint density at radius 2 is 2.45 bits per heavy atom. The van der Waals surface area contributed by atoms with Gasteiger partial charge in [-0.1, -0.05) is 6.92 Å². The third-order valence-corrected chi connectivity index (χ3v) is 2.70. The summed E-state index contributed by atoms with van der Waals surface area (Å²) in [6.45, 7) is 4.30. The number of hydrogen-bond acceptors (Lipinski definition) is 3. The Morgan fingerprint density at radius 1 is 1.73 bits per heavy atom. The van der Waals surface area contributed by atoms with Crippen molar-refractivity contribution in [2.45, 2.75) is 25.4 Å². The summed E-state index contributed by atoms with van der Waals surface area (Å²) in [5.74, 6) is 0.262. The lowest BCUT2D eigenvalue weighted by atomic mass is 9.85. The molecule has 0 spiro atoms. The minimum Gasteiger partial charge on any atom is -0.388 e. The quantitative estimate of drug-likeness (QED) is 0.528. The van der Waals surface area contributed by atoms with Crippen LogP contribution >= 0.6 is 0 Å². The van der Waals surface area contributed by atoms with E-state index in [1.165, 1.54) is 0 Å². The minimum absolute atomic E-state index is 0.262. The highest BCUT2D eigenvalue weighted by Gasteiger charge is 2.37. The predicted octanol–water partition coefficient (Wildman–Crippen LogP) is -0.304. The molecule has 2 unspecified atom stereocenters. The number of hydrogen-bond donors (Lipinski definition) is 3. The average molecular weight is 158 g/mol. The van der Waals surface area contributed by atoms with Crippen molar-refractivity contribution < 1.29 is 5.11 Å². The van der Waals surface area contributed by atoms with Crippen molar-refractivity contribution in [3.8, 4) is 0 Å². The Labute approximate surface area is 68.0 Å². The Bertz CT molecular complexity index is 117. The van der Waals surface area contributed by atoms with Crippen LogP contribution in [0.3, 0.4) is 0 Å². The molecule has 0 aromatic rings. The molecule has 0 aliphatic carbocycles. The Hall–Kier alpha value is -0.120. The molecule has 1 aliphatic heterocycles. The summed E-state index contributed by atoms with van der Waals surface area (Å²) in [6, 6.07) is 0. The lowest BCUT2D eigenvalue weighted by Crippen LogP contribution is -2.43. The molecule has 1 fully saturated rings. The number of β-amino-alcohol motifs (C(OH)–C–C–N with tert-alkyl or cyclic N) is 1. The van der Waals surface area contributed by atoms with Gasteiger partial charge in [0.2, 0.25) is 0 Å². The summed E-state index contributed by atoms with van der Waals surface area (Å²) in [5, 5.41) is 13.2. The normalized spacial score (nSPS) is 34.1. The van der Waals surface area contributed by atoms with Gasteiger partial charge >= 0.3 is 0 Å². The van der Waals surface area contributed by atoms with Gasteiger partial charge in [-0.15, -0.1) is 0 Å². The lowest BCUT2D eigenvalue weighted by molar-refractivity contribution is 0.00229. The van der Waals surface area contributed by atoms with Crippen LogP contribution in [0.1, 0.15) is 19.8 Å². The van der Waals surface area contributed by atoms with Crippen LogP contribution < -0.4 is 11.1 Å². The van der Waals surface area contributed by atoms with E-state index in [2.05, 4.69) is 12.2 Å². The summed E-state index contributed by atoms with van der Waals surface area (Å²) in [6.07, 6.45) is 1.82. The predicted molar refractivity (Wildman–Crippen MR) is 45.3 cm³/mol. The summed E-state index contributed by atoms with van der Waals surface area (Å²) in [5.41, 5.74) is 5.04. The van der Waals surface area contributed by atoms with Crippen LogP contribution in [0.4, 0.5) is 0 Å². The maximum absolute atomic E-state index is 10.0. The van der Waals surface area contributed by atoms with Crippen LogP contribution in [0.5, 0.6) is 0 Å². The largest absolute Gasteiger partial charge is 0.388 e. The standard InChI is InChI=1S/C8H18N2O/c1-2-7(5-9)8(11)3-4-10-6-8/h7,10-11H,2-6,9H2,1H3. The van der Waals surface area contributed by atoms with Gasteiger partial charge in [0.1, 0.15) is 0 Å². The first-order chi connectivity index (χ1) is 5.23. The van der Waals surface area contributed by atoms with Crippen molar-refractivity contribution in [1.29, 1.82) is 0 Å². The number of nitrogens with two attached hydrogens (primary N) is 1. The van der Waals surface area contributed by atoms with Crippen LogP contribution in [0.25, 0.3) is 0 Å². The molecule has 1 heterocycles. The highest BCUT2D eigenvalue weighted by atomic mass is 16.3. The van der Waals surface area contributed by atoms with E-state index in [0.717, 1.165) is 19.4 Å². The maximum Gasteiger partial charge on any atom is 0.0823 e. The van der Waals surface area contributed by atoms with Gasteiger partial charge in [0.15, 0.2) is 0 Å². The first-order valence-corrected chi connectivity index (χ1v) is 4.36. The van der Waals surface area contributed by atoms with Gasteiger partial charge in [-0.05, 0) is 25.9 Å². The minimum atomic E-state index is -0.524. The van der Waals surface area contributed by atoms with E-state index >= 15 is 0 Å². The van der Waals surface area contributed by atoms with Gasteiger partial charge in [0.05, 0.1) is 5.60 Å². The molecular formula is C8H18N2O. The topological polar surface area (TPSA) is 58.3 Å². The van der Waals surface area contributed by atoms with E-state index in [4.69, 9.17) is 5.73 Å².